The molecule has 1 atom stereocenters. The van der Waals surface area contributed by atoms with Crippen molar-refractivity contribution in [2.45, 2.75) is 25.8 Å². The summed E-state index contributed by atoms with van der Waals surface area (Å²) in [6, 6.07) is 4.79. The zero-order chi connectivity index (χ0) is 12.1. The molecule has 4 nitrogen and oxygen atoms in total. The van der Waals surface area contributed by atoms with Crippen LogP contribution in [0.3, 0.4) is 0 Å². The summed E-state index contributed by atoms with van der Waals surface area (Å²) >= 11 is 5.75. The Morgan fingerprint density at radius 3 is 2.50 bits per heavy atom. The van der Waals surface area contributed by atoms with E-state index >= 15 is 0 Å². The molecule has 86 valence electrons. The molecule has 0 aliphatic heterocycles. The van der Waals surface area contributed by atoms with Crippen molar-refractivity contribution in [2.75, 3.05) is 0 Å². The first kappa shape index (κ1) is 11.4. The summed E-state index contributed by atoms with van der Waals surface area (Å²) in [7, 11) is 0. The highest BCUT2D eigenvalue weighted by molar-refractivity contribution is 6.32. The Balaban J connectivity index is 2.46. The fourth-order valence-corrected chi connectivity index (χ4v) is 2.26. The molecule has 1 aromatic carbocycles. The first-order valence-electron chi connectivity index (χ1n) is 5.01. The van der Waals surface area contributed by atoms with E-state index in [-0.39, 0.29) is 16.1 Å². The Hall–Kier alpha value is -1.13. The van der Waals surface area contributed by atoms with Crippen molar-refractivity contribution in [1.82, 2.24) is 0 Å². The van der Waals surface area contributed by atoms with Gasteiger partial charge in [0.05, 0.1) is 4.92 Å². The SMILES string of the molecule is CC1(C)CC1(N)c1ccc(Cl)c([N+](=O)[O-])c1. The lowest BCUT2D eigenvalue weighted by Crippen LogP contribution is -2.25. The third kappa shape index (κ3) is 1.49. The maximum Gasteiger partial charge on any atom is 0.288 e. The summed E-state index contributed by atoms with van der Waals surface area (Å²) in [5, 5.41) is 10.9. The normalized spacial score (nSPS) is 26.5. The van der Waals surface area contributed by atoms with Crippen molar-refractivity contribution in [3.05, 3.63) is 38.9 Å². The Morgan fingerprint density at radius 1 is 1.50 bits per heavy atom. The fourth-order valence-electron chi connectivity index (χ4n) is 2.08. The molecule has 0 bridgehead atoms. The third-order valence-corrected chi connectivity index (χ3v) is 3.78. The molecular formula is C11H13ClN2O2. The highest BCUT2D eigenvalue weighted by atomic mass is 35.5. The van der Waals surface area contributed by atoms with E-state index in [0.717, 1.165) is 12.0 Å². The molecule has 0 heterocycles. The molecule has 2 rings (SSSR count). The van der Waals surface area contributed by atoms with E-state index in [0.29, 0.717) is 0 Å². The highest BCUT2D eigenvalue weighted by Crippen LogP contribution is 2.60. The van der Waals surface area contributed by atoms with Crippen molar-refractivity contribution in [3.8, 4) is 0 Å². The number of nitrogens with two attached hydrogens (primary N) is 1. The molecule has 1 saturated carbocycles. The molecule has 0 spiro atoms. The molecular weight excluding hydrogens is 228 g/mol. The second-order valence-electron chi connectivity index (χ2n) is 4.96. The number of nitrogens with zero attached hydrogens (tertiary/aromatic N) is 1. The standard InChI is InChI=1S/C11H13ClN2O2/c1-10(2)6-11(10,13)7-3-4-8(12)9(5-7)14(15)16/h3-5H,6,13H2,1-2H3. The molecule has 1 unspecified atom stereocenters. The van der Waals surface area contributed by atoms with Gasteiger partial charge in [-0.05, 0) is 23.5 Å². The van der Waals surface area contributed by atoms with Crippen LogP contribution in [-0.2, 0) is 5.54 Å². The average Bonchev–Trinajstić information content (AvgIpc) is 2.67. The summed E-state index contributed by atoms with van der Waals surface area (Å²) in [4.78, 5) is 10.3. The van der Waals surface area contributed by atoms with Crippen LogP contribution in [-0.4, -0.2) is 4.92 Å². The molecule has 0 radical (unpaired) electrons. The zero-order valence-corrected chi connectivity index (χ0v) is 9.91. The van der Waals surface area contributed by atoms with Crippen LogP contribution in [0, 0.1) is 15.5 Å². The van der Waals surface area contributed by atoms with Gasteiger partial charge in [0.2, 0.25) is 0 Å². The molecule has 0 amide bonds. The van der Waals surface area contributed by atoms with Crippen LogP contribution >= 0.6 is 11.6 Å². The minimum atomic E-state index is -0.482. The fraction of sp³-hybridized carbons (Fsp3) is 0.455. The van der Waals surface area contributed by atoms with E-state index in [1.165, 1.54) is 12.1 Å². The Bertz CT molecular complexity index is 473. The molecule has 2 N–H and O–H groups in total. The van der Waals surface area contributed by atoms with Gasteiger partial charge in [-0.2, -0.15) is 0 Å². The van der Waals surface area contributed by atoms with Crippen molar-refractivity contribution < 1.29 is 4.92 Å². The number of rotatable bonds is 2. The van der Waals surface area contributed by atoms with E-state index in [9.17, 15) is 10.1 Å². The van der Waals surface area contributed by atoms with Gasteiger partial charge in [0, 0.05) is 11.6 Å². The first-order chi connectivity index (χ1) is 7.28. The van der Waals surface area contributed by atoms with Gasteiger partial charge >= 0.3 is 0 Å². The smallest absolute Gasteiger partial charge is 0.288 e. The van der Waals surface area contributed by atoms with E-state index in [4.69, 9.17) is 17.3 Å². The lowest BCUT2D eigenvalue weighted by molar-refractivity contribution is -0.384. The molecule has 0 saturated heterocycles. The van der Waals surface area contributed by atoms with Crippen LogP contribution in [0.15, 0.2) is 18.2 Å². The topological polar surface area (TPSA) is 69.2 Å². The number of nitro benzene ring substituents is 1. The van der Waals surface area contributed by atoms with Gasteiger partial charge in [-0.1, -0.05) is 31.5 Å². The number of halogens is 1. The lowest BCUT2D eigenvalue weighted by Gasteiger charge is -2.15. The van der Waals surface area contributed by atoms with Crippen LogP contribution in [0.1, 0.15) is 25.8 Å². The van der Waals surface area contributed by atoms with Crippen LogP contribution in [0.25, 0.3) is 0 Å². The number of nitro groups is 1. The quantitative estimate of drug-likeness (QED) is 0.638. The summed E-state index contributed by atoms with van der Waals surface area (Å²) in [6.45, 7) is 4.10. The molecule has 1 aliphatic carbocycles. The minimum Gasteiger partial charge on any atom is -0.321 e. The highest BCUT2D eigenvalue weighted by Gasteiger charge is 2.59. The number of hydrogen-bond donors (Lipinski definition) is 1. The van der Waals surface area contributed by atoms with Gasteiger partial charge in [-0.15, -0.1) is 0 Å². The van der Waals surface area contributed by atoms with Crippen LogP contribution in [0.2, 0.25) is 5.02 Å². The van der Waals surface area contributed by atoms with Crippen molar-refractivity contribution in [1.29, 1.82) is 0 Å². The predicted octanol–water partition coefficient (Wildman–Crippen LogP) is 2.83. The van der Waals surface area contributed by atoms with Gasteiger partial charge in [-0.3, -0.25) is 10.1 Å². The summed E-state index contributed by atoms with van der Waals surface area (Å²) in [5.41, 5.74) is 6.45. The van der Waals surface area contributed by atoms with Crippen molar-refractivity contribution in [3.63, 3.8) is 0 Å². The van der Waals surface area contributed by atoms with Crippen molar-refractivity contribution >= 4 is 17.3 Å². The summed E-state index contributed by atoms with van der Waals surface area (Å²) < 4.78 is 0. The maximum absolute atomic E-state index is 10.8. The summed E-state index contributed by atoms with van der Waals surface area (Å²) in [6.07, 6.45) is 0.832. The second-order valence-corrected chi connectivity index (χ2v) is 5.36. The molecule has 0 aromatic heterocycles. The molecule has 1 aliphatic rings. The molecule has 1 fully saturated rings. The van der Waals surface area contributed by atoms with E-state index in [1.807, 2.05) is 13.8 Å². The van der Waals surface area contributed by atoms with Gasteiger partial charge < -0.3 is 5.73 Å². The summed E-state index contributed by atoms with van der Waals surface area (Å²) in [5.74, 6) is 0. The Kier molecular flexibility index (Phi) is 2.26. The third-order valence-electron chi connectivity index (χ3n) is 3.46. The Morgan fingerprint density at radius 2 is 2.06 bits per heavy atom. The maximum atomic E-state index is 10.8. The zero-order valence-electron chi connectivity index (χ0n) is 9.16. The largest absolute Gasteiger partial charge is 0.321 e. The van der Waals surface area contributed by atoms with Crippen molar-refractivity contribution in [2.24, 2.45) is 11.1 Å². The van der Waals surface area contributed by atoms with E-state index in [2.05, 4.69) is 0 Å². The molecule has 1 aromatic rings. The first-order valence-corrected chi connectivity index (χ1v) is 5.39. The second kappa shape index (κ2) is 3.18. The van der Waals surface area contributed by atoms with Gasteiger partial charge in [0.15, 0.2) is 0 Å². The number of hydrogen-bond acceptors (Lipinski definition) is 3. The van der Waals surface area contributed by atoms with Crippen LogP contribution in [0.4, 0.5) is 5.69 Å². The van der Waals surface area contributed by atoms with Gasteiger partial charge in [0.25, 0.3) is 5.69 Å². The number of benzene rings is 1. The predicted molar refractivity (Wildman–Crippen MR) is 62.4 cm³/mol. The monoisotopic (exact) mass is 240 g/mol. The van der Waals surface area contributed by atoms with Crippen LogP contribution in [0.5, 0.6) is 0 Å². The molecule has 16 heavy (non-hydrogen) atoms. The van der Waals surface area contributed by atoms with Crippen LogP contribution < -0.4 is 5.73 Å². The molecule has 5 heteroatoms. The minimum absolute atomic E-state index is 0.00526. The van der Waals surface area contributed by atoms with Gasteiger partial charge in [-0.25, -0.2) is 0 Å². The van der Waals surface area contributed by atoms with Gasteiger partial charge in [0.1, 0.15) is 5.02 Å². The Labute approximate surface area is 98.5 Å². The van der Waals surface area contributed by atoms with E-state index in [1.54, 1.807) is 6.07 Å². The lowest BCUT2D eigenvalue weighted by atomic mass is 9.97. The average molecular weight is 241 g/mol. The van der Waals surface area contributed by atoms with E-state index < -0.39 is 10.5 Å².